The van der Waals surface area contributed by atoms with Gasteiger partial charge in [0, 0.05) is 5.56 Å². The van der Waals surface area contributed by atoms with Crippen LogP contribution in [-0.2, 0) is 0 Å². The quantitative estimate of drug-likeness (QED) is 0.338. The number of oxime groups is 1. The third-order valence-corrected chi connectivity index (χ3v) is 1.87. The molecule has 76 valence electrons. The first kappa shape index (κ1) is 10.6. The van der Waals surface area contributed by atoms with E-state index in [1.165, 1.54) is 6.21 Å². The first-order valence-corrected chi connectivity index (χ1v) is 4.77. The van der Waals surface area contributed by atoms with Crippen molar-refractivity contribution in [1.29, 1.82) is 0 Å². The van der Waals surface area contributed by atoms with Crippen LogP contribution in [0.3, 0.4) is 0 Å². The van der Waals surface area contributed by atoms with Crippen LogP contribution in [0.1, 0.15) is 25.3 Å². The fourth-order valence-electron chi connectivity index (χ4n) is 1.11. The van der Waals surface area contributed by atoms with Crippen molar-refractivity contribution in [1.82, 2.24) is 0 Å². The first-order valence-electron chi connectivity index (χ1n) is 4.77. The highest BCUT2D eigenvalue weighted by atomic mass is 16.5. The van der Waals surface area contributed by atoms with Gasteiger partial charge in [0.2, 0.25) is 0 Å². The average Bonchev–Trinajstić information content (AvgIpc) is 2.21. The summed E-state index contributed by atoms with van der Waals surface area (Å²) in [7, 11) is 0. The third-order valence-electron chi connectivity index (χ3n) is 1.87. The monoisotopic (exact) mass is 193 g/mol. The topological polar surface area (TPSA) is 41.8 Å². The van der Waals surface area contributed by atoms with Crippen LogP contribution in [0.15, 0.2) is 29.4 Å². The summed E-state index contributed by atoms with van der Waals surface area (Å²) in [4.78, 5) is 0. The number of para-hydroxylation sites is 1. The standard InChI is InChI=1S/C11H15NO2/c1-2-3-8-14-11-7-5-4-6-10(11)9-12-13/h4-7,9,13H,2-3,8H2,1H3/b12-9-. The molecule has 14 heavy (non-hydrogen) atoms. The van der Waals surface area contributed by atoms with E-state index >= 15 is 0 Å². The maximum atomic E-state index is 8.43. The van der Waals surface area contributed by atoms with Gasteiger partial charge in [-0.2, -0.15) is 0 Å². The summed E-state index contributed by atoms with van der Waals surface area (Å²) in [5.41, 5.74) is 0.797. The molecule has 0 radical (unpaired) electrons. The van der Waals surface area contributed by atoms with Gasteiger partial charge in [-0.05, 0) is 18.6 Å². The molecule has 0 aliphatic heterocycles. The van der Waals surface area contributed by atoms with Gasteiger partial charge >= 0.3 is 0 Å². The van der Waals surface area contributed by atoms with Gasteiger partial charge < -0.3 is 9.94 Å². The van der Waals surface area contributed by atoms with Crippen LogP contribution in [0.5, 0.6) is 5.75 Å². The Morgan fingerprint density at radius 1 is 1.43 bits per heavy atom. The van der Waals surface area contributed by atoms with Gasteiger partial charge in [-0.1, -0.05) is 30.6 Å². The minimum atomic E-state index is 0.701. The summed E-state index contributed by atoms with van der Waals surface area (Å²) in [5, 5.41) is 11.4. The van der Waals surface area contributed by atoms with Crippen molar-refractivity contribution >= 4 is 6.21 Å². The van der Waals surface area contributed by atoms with Gasteiger partial charge in [0.1, 0.15) is 5.75 Å². The van der Waals surface area contributed by atoms with Gasteiger partial charge in [0.15, 0.2) is 0 Å². The van der Waals surface area contributed by atoms with E-state index in [0.29, 0.717) is 6.61 Å². The minimum absolute atomic E-state index is 0.701. The van der Waals surface area contributed by atoms with Crippen molar-refractivity contribution < 1.29 is 9.94 Å². The van der Waals surface area contributed by atoms with Crippen LogP contribution < -0.4 is 4.74 Å². The second-order valence-electron chi connectivity index (χ2n) is 2.98. The molecule has 1 aromatic rings. The lowest BCUT2D eigenvalue weighted by molar-refractivity contribution is 0.307. The van der Waals surface area contributed by atoms with Crippen LogP contribution in [0.25, 0.3) is 0 Å². The van der Waals surface area contributed by atoms with Crippen LogP contribution in [-0.4, -0.2) is 18.0 Å². The molecule has 0 aliphatic rings. The van der Waals surface area contributed by atoms with Crippen molar-refractivity contribution in [3.05, 3.63) is 29.8 Å². The number of rotatable bonds is 5. The molecule has 3 nitrogen and oxygen atoms in total. The highest BCUT2D eigenvalue weighted by Crippen LogP contribution is 2.15. The third kappa shape index (κ3) is 3.09. The van der Waals surface area contributed by atoms with E-state index < -0.39 is 0 Å². The molecular formula is C11H15NO2. The molecule has 0 saturated heterocycles. The zero-order chi connectivity index (χ0) is 10.2. The van der Waals surface area contributed by atoms with E-state index in [-0.39, 0.29) is 0 Å². The molecule has 0 heterocycles. The maximum Gasteiger partial charge on any atom is 0.128 e. The number of nitrogens with zero attached hydrogens (tertiary/aromatic N) is 1. The Kier molecular flexibility index (Phi) is 4.55. The Bertz CT molecular complexity index is 297. The molecule has 0 aromatic heterocycles. The second-order valence-corrected chi connectivity index (χ2v) is 2.98. The van der Waals surface area contributed by atoms with Gasteiger partial charge in [-0.3, -0.25) is 0 Å². The first-order chi connectivity index (χ1) is 6.88. The van der Waals surface area contributed by atoms with E-state index in [1.54, 1.807) is 0 Å². The molecule has 0 saturated carbocycles. The SMILES string of the molecule is CCCCOc1ccccc1/C=N\O. The predicted molar refractivity (Wildman–Crippen MR) is 56.2 cm³/mol. The van der Waals surface area contributed by atoms with E-state index in [2.05, 4.69) is 12.1 Å². The number of ether oxygens (including phenoxy) is 1. The Balaban J connectivity index is 2.64. The largest absolute Gasteiger partial charge is 0.493 e. The van der Waals surface area contributed by atoms with Crippen LogP contribution in [0, 0.1) is 0 Å². The van der Waals surface area contributed by atoms with Gasteiger partial charge in [-0.25, -0.2) is 0 Å². The molecule has 0 fully saturated rings. The van der Waals surface area contributed by atoms with Gasteiger partial charge in [-0.15, -0.1) is 0 Å². The number of benzene rings is 1. The zero-order valence-electron chi connectivity index (χ0n) is 8.31. The highest BCUT2D eigenvalue weighted by molar-refractivity contribution is 5.82. The summed E-state index contributed by atoms with van der Waals surface area (Å²) in [6, 6.07) is 7.49. The van der Waals surface area contributed by atoms with E-state index in [1.807, 2.05) is 24.3 Å². The summed E-state index contributed by atoms with van der Waals surface area (Å²) in [6.45, 7) is 2.82. The van der Waals surface area contributed by atoms with E-state index in [4.69, 9.17) is 9.94 Å². The summed E-state index contributed by atoms with van der Waals surface area (Å²) >= 11 is 0. The maximum absolute atomic E-state index is 8.43. The lowest BCUT2D eigenvalue weighted by Crippen LogP contribution is -1.99. The van der Waals surface area contributed by atoms with E-state index in [9.17, 15) is 0 Å². The van der Waals surface area contributed by atoms with Crippen LogP contribution in [0.4, 0.5) is 0 Å². The molecule has 0 spiro atoms. The lowest BCUT2D eigenvalue weighted by atomic mass is 10.2. The Hall–Kier alpha value is -1.51. The summed E-state index contributed by atoms with van der Waals surface area (Å²) < 4.78 is 5.53. The molecule has 1 N–H and O–H groups in total. The summed E-state index contributed by atoms with van der Waals surface area (Å²) in [6.07, 6.45) is 3.52. The van der Waals surface area contributed by atoms with Crippen molar-refractivity contribution in [2.45, 2.75) is 19.8 Å². The molecule has 1 rings (SSSR count). The molecular weight excluding hydrogens is 178 g/mol. The molecule has 0 amide bonds. The van der Waals surface area contributed by atoms with Crippen molar-refractivity contribution in [3.8, 4) is 5.75 Å². The molecule has 3 heteroatoms. The van der Waals surface area contributed by atoms with E-state index in [0.717, 1.165) is 24.2 Å². The number of unbranched alkanes of at least 4 members (excludes halogenated alkanes) is 1. The Morgan fingerprint density at radius 2 is 2.21 bits per heavy atom. The molecule has 0 atom stereocenters. The Labute approximate surface area is 84.0 Å². The van der Waals surface area contributed by atoms with Crippen molar-refractivity contribution in [3.63, 3.8) is 0 Å². The fourth-order valence-corrected chi connectivity index (χ4v) is 1.11. The van der Waals surface area contributed by atoms with Crippen LogP contribution >= 0.6 is 0 Å². The molecule has 0 unspecified atom stereocenters. The molecule has 0 bridgehead atoms. The van der Waals surface area contributed by atoms with Gasteiger partial charge in [0.05, 0.1) is 12.8 Å². The average molecular weight is 193 g/mol. The zero-order valence-corrected chi connectivity index (χ0v) is 8.31. The fraction of sp³-hybridized carbons (Fsp3) is 0.364. The van der Waals surface area contributed by atoms with Crippen LogP contribution in [0.2, 0.25) is 0 Å². The van der Waals surface area contributed by atoms with Crippen molar-refractivity contribution in [2.75, 3.05) is 6.61 Å². The minimum Gasteiger partial charge on any atom is -0.493 e. The Morgan fingerprint density at radius 3 is 2.93 bits per heavy atom. The predicted octanol–water partition coefficient (Wildman–Crippen LogP) is 2.67. The highest BCUT2D eigenvalue weighted by Gasteiger charge is 1.99. The summed E-state index contributed by atoms with van der Waals surface area (Å²) in [5.74, 6) is 0.763. The number of hydrogen-bond acceptors (Lipinski definition) is 3. The lowest BCUT2D eigenvalue weighted by Gasteiger charge is -2.07. The second kappa shape index (κ2) is 6.02. The molecule has 1 aromatic carbocycles. The smallest absolute Gasteiger partial charge is 0.128 e. The number of hydrogen-bond donors (Lipinski definition) is 1. The normalized spacial score (nSPS) is 10.6. The van der Waals surface area contributed by atoms with Crippen molar-refractivity contribution in [2.24, 2.45) is 5.16 Å². The van der Waals surface area contributed by atoms with Gasteiger partial charge in [0.25, 0.3) is 0 Å². The molecule has 0 aliphatic carbocycles.